The third-order valence-corrected chi connectivity index (χ3v) is 17.2. The molecule has 0 N–H and O–H groups in total. The second kappa shape index (κ2) is 13.3. The average Bonchev–Trinajstić information content (AvgIpc) is 3.99. The summed E-state index contributed by atoms with van der Waals surface area (Å²) >= 11 is 3.80. The van der Waals surface area contributed by atoms with Crippen molar-refractivity contribution in [1.29, 1.82) is 0 Å². The number of nitrogens with zero attached hydrogens (tertiary/aromatic N) is 2. The molecule has 2 aromatic heterocycles. The highest BCUT2D eigenvalue weighted by atomic mass is 32.1. The average molecular weight is 875 g/mol. The van der Waals surface area contributed by atoms with Gasteiger partial charge in [-0.2, -0.15) is 0 Å². The maximum atomic E-state index is 2.69. The molecule has 0 spiro atoms. The summed E-state index contributed by atoms with van der Waals surface area (Å²) in [5.74, 6) is 0. The quantitative estimate of drug-likeness (QED) is 0.163. The Balaban J connectivity index is 1.10. The molecule has 15 rings (SSSR count). The summed E-state index contributed by atoms with van der Waals surface area (Å²) < 4.78 is 5.25. The number of benzene rings is 10. The highest BCUT2D eigenvalue weighted by molar-refractivity contribution is 7.26. The van der Waals surface area contributed by atoms with E-state index >= 15 is 0 Å². The summed E-state index contributed by atoms with van der Waals surface area (Å²) in [6.07, 6.45) is 0. The molecule has 66 heavy (non-hydrogen) atoms. The van der Waals surface area contributed by atoms with E-state index in [4.69, 9.17) is 0 Å². The lowest BCUT2D eigenvalue weighted by atomic mass is 9.42. The first kappa shape index (κ1) is 36.9. The zero-order valence-corrected chi connectivity index (χ0v) is 38.0. The SMILES string of the molecule is CC1(C)c2ccccc2-c2cc3c4c(c21)-c1cc2ccccc2cc1N(c1ccc(-c2ccccc2)cc1)B4c1cc2c(cc1N3c1ccc3c(c1)sc1ccccc13)sc1ccccc12. The lowest BCUT2D eigenvalue weighted by molar-refractivity contribution is 0.662. The molecule has 0 atom stereocenters. The molecule has 2 aliphatic heterocycles. The smallest absolute Gasteiger partial charge is 0.333 e. The van der Waals surface area contributed by atoms with Crippen molar-refractivity contribution < 1.29 is 0 Å². The van der Waals surface area contributed by atoms with Crippen LogP contribution in [-0.2, 0) is 5.41 Å². The largest absolute Gasteiger partial charge is 0.376 e. The van der Waals surface area contributed by atoms with E-state index in [1.165, 1.54) is 135 Å². The topological polar surface area (TPSA) is 6.48 Å². The summed E-state index contributed by atoms with van der Waals surface area (Å²) in [7, 11) is 0. The van der Waals surface area contributed by atoms with E-state index in [2.05, 4.69) is 224 Å². The van der Waals surface area contributed by atoms with Gasteiger partial charge < -0.3 is 9.71 Å². The molecule has 10 aromatic carbocycles. The van der Waals surface area contributed by atoms with Crippen molar-refractivity contribution in [3.05, 3.63) is 211 Å². The molecule has 0 fully saturated rings. The number of fused-ring (bicyclic) bond motifs is 15. The van der Waals surface area contributed by atoms with Crippen LogP contribution in [-0.4, -0.2) is 6.85 Å². The fourth-order valence-corrected chi connectivity index (χ4v) is 14.3. The van der Waals surface area contributed by atoms with Crippen LogP contribution in [0.15, 0.2) is 200 Å². The molecular weight excluding hydrogens is 836 g/mol. The lowest BCUT2D eigenvalue weighted by Crippen LogP contribution is -2.62. The Kier molecular flexibility index (Phi) is 7.44. The minimum atomic E-state index is -0.238. The molecule has 0 saturated heterocycles. The predicted octanol–water partition coefficient (Wildman–Crippen LogP) is 16.3. The van der Waals surface area contributed by atoms with Gasteiger partial charge >= 0.3 is 6.85 Å². The molecule has 0 bridgehead atoms. The molecule has 0 amide bonds. The van der Waals surface area contributed by atoms with Gasteiger partial charge in [0.25, 0.3) is 0 Å². The van der Waals surface area contributed by atoms with Gasteiger partial charge in [0, 0.05) is 79.8 Å². The highest BCUT2D eigenvalue weighted by Crippen LogP contribution is 2.58. The molecule has 5 heteroatoms. The third kappa shape index (κ3) is 4.96. The zero-order chi connectivity index (χ0) is 43.4. The molecule has 0 unspecified atom stereocenters. The van der Waals surface area contributed by atoms with Crippen molar-refractivity contribution in [2.45, 2.75) is 19.3 Å². The first-order valence-corrected chi connectivity index (χ1v) is 24.6. The molecule has 12 aromatic rings. The Morgan fingerprint density at radius 2 is 1.05 bits per heavy atom. The highest BCUT2D eigenvalue weighted by Gasteiger charge is 2.50. The van der Waals surface area contributed by atoms with E-state index in [0.717, 1.165) is 0 Å². The molecule has 0 saturated carbocycles. The van der Waals surface area contributed by atoms with Crippen molar-refractivity contribution >= 4 is 120 Å². The number of rotatable bonds is 3. The van der Waals surface area contributed by atoms with Crippen molar-refractivity contribution in [2.24, 2.45) is 0 Å². The standard InChI is InChI=1S/C61H39BN2S2/c1-61(2)49-21-11-8-18-42(49)47-34-53-60-58(59(47)61)48-30-38-16-6-7-17-39(38)31-51(48)64(40-26-24-37(25-27-40)36-14-4-3-5-15-36)62(60)50-33-46-44-20-10-13-23-55(44)66-57(46)35-52(50)63(53)41-28-29-45-43-19-9-12-22-54(43)65-56(45)32-41/h3-35H,1-2H3. The summed E-state index contributed by atoms with van der Waals surface area (Å²) in [6.45, 7) is 4.78. The molecule has 4 heterocycles. The van der Waals surface area contributed by atoms with Crippen molar-refractivity contribution in [3.8, 4) is 33.4 Å². The predicted molar refractivity (Wildman–Crippen MR) is 286 cm³/mol. The van der Waals surface area contributed by atoms with Crippen LogP contribution in [0.3, 0.4) is 0 Å². The van der Waals surface area contributed by atoms with Crippen LogP contribution in [0.1, 0.15) is 25.0 Å². The number of hydrogen-bond donors (Lipinski definition) is 0. The lowest BCUT2D eigenvalue weighted by Gasteiger charge is -2.47. The maximum absolute atomic E-state index is 2.69. The fourth-order valence-electron chi connectivity index (χ4n) is 12.1. The summed E-state index contributed by atoms with van der Waals surface area (Å²) in [6, 6.07) is 75.9. The Labute approximate surface area is 391 Å². The maximum Gasteiger partial charge on any atom is 0.333 e. The minimum Gasteiger partial charge on any atom is -0.376 e. The van der Waals surface area contributed by atoms with Gasteiger partial charge in [-0.1, -0.05) is 153 Å². The molecule has 308 valence electrons. The van der Waals surface area contributed by atoms with Crippen molar-refractivity contribution in [1.82, 2.24) is 0 Å². The van der Waals surface area contributed by atoms with E-state index in [1.54, 1.807) is 0 Å². The van der Waals surface area contributed by atoms with Crippen molar-refractivity contribution in [3.63, 3.8) is 0 Å². The van der Waals surface area contributed by atoms with Gasteiger partial charge in [0.2, 0.25) is 0 Å². The Bertz CT molecular complexity index is 4050. The van der Waals surface area contributed by atoms with Crippen LogP contribution >= 0.6 is 22.7 Å². The molecular formula is C61H39BN2S2. The molecule has 3 aliphatic rings. The summed E-state index contributed by atoms with van der Waals surface area (Å²) in [4.78, 5) is 5.32. The van der Waals surface area contributed by atoms with Crippen LogP contribution in [0.25, 0.3) is 84.5 Å². The number of hydrogen-bond acceptors (Lipinski definition) is 4. The zero-order valence-electron chi connectivity index (χ0n) is 36.3. The van der Waals surface area contributed by atoms with Gasteiger partial charge in [0.05, 0.1) is 0 Å². The van der Waals surface area contributed by atoms with Crippen LogP contribution in [0.2, 0.25) is 0 Å². The van der Waals surface area contributed by atoms with Crippen LogP contribution in [0.4, 0.5) is 28.4 Å². The van der Waals surface area contributed by atoms with Gasteiger partial charge in [-0.25, -0.2) is 0 Å². The van der Waals surface area contributed by atoms with Crippen molar-refractivity contribution in [2.75, 3.05) is 9.71 Å². The van der Waals surface area contributed by atoms with Crippen LogP contribution < -0.4 is 20.6 Å². The van der Waals surface area contributed by atoms with E-state index < -0.39 is 0 Å². The van der Waals surface area contributed by atoms with Gasteiger partial charge in [-0.15, -0.1) is 22.7 Å². The first-order chi connectivity index (χ1) is 32.5. The van der Waals surface area contributed by atoms with Crippen LogP contribution in [0, 0.1) is 0 Å². The minimum absolute atomic E-state index is 0.126. The van der Waals surface area contributed by atoms with E-state index in [0.29, 0.717) is 0 Å². The Morgan fingerprint density at radius 3 is 1.83 bits per heavy atom. The first-order valence-electron chi connectivity index (χ1n) is 22.9. The number of thiophene rings is 2. The van der Waals surface area contributed by atoms with E-state index in [-0.39, 0.29) is 12.3 Å². The fraction of sp³-hybridized carbons (Fsp3) is 0.0492. The molecule has 0 radical (unpaired) electrons. The van der Waals surface area contributed by atoms with E-state index in [1.807, 2.05) is 22.7 Å². The molecule has 1 aliphatic carbocycles. The second-order valence-corrected chi connectivity index (χ2v) is 21.0. The number of anilines is 5. The van der Waals surface area contributed by atoms with Crippen LogP contribution in [0.5, 0.6) is 0 Å². The Hall–Kier alpha value is -7.44. The van der Waals surface area contributed by atoms with Gasteiger partial charge in [0.15, 0.2) is 0 Å². The summed E-state index contributed by atoms with van der Waals surface area (Å²) in [5.41, 5.74) is 19.1. The van der Waals surface area contributed by atoms with E-state index in [9.17, 15) is 0 Å². The monoisotopic (exact) mass is 874 g/mol. The normalized spacial score (nSPS) is 14.2. The van der Waals surface area contributed by atoms with Gasteiger partial charge in [0.1, 0.15) is 0 Å². The van der Waals surface area contributed by atoms with Gasteiger partial charge in [-0.3, -0.25) is 0 Å². The third-order valence-electron chi connectivity index (χ3n) is 15.0. The summed E-state index contributed by atoms with van der Waals surface area (Å²) in [5, 5.41) is 7.76. The second-order valence-electron chi connectivity index (χ2n) is 18.8. The Morgan fingerprint density at radius 1 is 0.424 bits per heavy atom. The van der Waals surface area contributed by atoms with Gasteiger partial charge in [-0.05, 0) is 121 Å². The molecule has 2 nitrogen and oxygen atoms in total.